The SMILES string of the molecule is Cn1cc(C(=O)N/N=C\c2cc3c(cc2[N+](=O)[O-])OCO3)c2ccccc21. The Morgan fingerprint density at radius 3 is 2.81 bits per heavy atom. The molecular weight excluding hydrogens is 352 g/mol. The van der Waals surface area contributed by atoms with Crippen LogP contribution < -0.4 is 14.9 Å². The predicted molar refractivity (Wildman–Crippen MR) is 97.2 cm³/mol. The maximum atomic E-state index is 12.5. The molecule has 0 radical (unpaired) electrons. The molecule has 0 aliphatic carbocycles. The Labute approximate surface area is 153 Å². The summed E-state index contributed by atoms with van der Waals surface area (Å²) in [6.07, 6.45) is 2.92. The van der Waals surface area contributed by atoms with Crippen LogP contribution in [0, 0.1) is 10.1 Å². The Balaban J connectivity index is 1.59. The van der Waals surface area contributed by atoms with Crippen molar-refractivity contribution < 1.29 is 19.2 Å². The number of hydrazone groups is 1. The highest BCUT2D eigenvalue weighted by Gasteiger charge is 2.22. The smallest absolute Gasteiger partial charge is 0.282 e. The molecule has 0 saturated heterocycles. The van der Waals surface area contributed by atoms with Crippen molar-refractivity contribution in [2.45, 2.75) is 0 Å². The van der Waals surface area contributed by atoms with Gasteiger partial charge in [0.15, 0.2) is 11.5 Å². The number of hydrogen-bond acceptors (Lipinski definition) is 6. The number of fused-ring (bicyclic) bond motifs is 2. The number of nitrogens with one attached hydrogen (secondary N) is 1. The molecule has 0 spiro atoms. The summed E-state index contributed by atoms with van der Waals surface area (Å²) in [4.78, 5) is 23.2. The van der Waals surface area contributed by atoms with Crippen molar-refractivity contribution in [3.63, 3.8) is 0 Å². The van der Waals surface area contributed by atoms with Gasteiger partial charge in [0.2, 0.25) is 6.79 Å². The summed E-state index contributed by atoms with van der Waals surface area (Å²) in [5, 5.41) is 15.9. The average Bonchev–Trinajstić information content (AvgIpc) is 3.25. The summed E-state index contributed by atoms with van der Waals surface area (Å²) >= 11 is 0. The highest BCUT2D eigenvalue weighted by atomic mass is 16.7. The molecule has 1 aliphatic heterocycles. The Kier molecular flexibility index (Phi) is 3.96. The number of carbonyl (C=O) groups excluding carboxylic acids is 1. The first-order valence-corrected chi connectivity index (χ1v) is 8.00. The van der Waals surface area contributed by atoms with Crippen LogP contribution >= 0.6 is 0 Å². The molecule has 1 N–H and O–H groups in total. The van der Waals surface area contributed by atoms with Gasteiger partial charge in [-0.3, -0.25) is 14.9 Å². The number of ether oxygens (including phenoxy) is 2. The first-order chi connectivity index (χ1) is 13.0. The Morgan fingerprint density at radius 2 is 2.04 bits per heavy atom. The van der Waals surface area contributed by atoms with Crippen LogP contribution in [0.2, 0.25) is 0 Å². The molecule has 0 saturated carbocycles. The summed E-state index contributed by atoms with van der Waals surface area (Å²) in [7, 11) is 1.85. The van der Waals surface area contributed by atoms with Gasteiger partial charge in [-0.15, -0.1) is 0 Å². The van der Waals surface area contributed by atoms with Crippen molar-refractivity contribution in [3.8, 4) is 11.5 Å². The zero-order valence-corrected chi connectivity index (χ0v) is 14.2. The predicted octanol–water partition coefficient (Wildman–Crippen LogP) is 2.58. The van der Waals surface area contributed by atoms with Crippen molar-refractivity contribution in [1.82, 2.24) is 9.99 Å². The van der Waals surface area contributed by atoms with Crippen LogP contribution in [0.3, 0.4) is 0 Å². The van der Waals surface area contributed by atoms with Crippen LogP contribution in [0.25, 0.3) is 10.9 Å². The van der Waals surface area contributed by atoms with Gasteiger partial charge in [-0.05, 0) is 12.1 Å². The van der Waals surface area contributed by atoms with Gasteiger partial charge in [0.1, 0.15) is 0 Å². The van der Waals surface area contributed by atoms with Gasteiger partial charge in [0.05, 0.1) is 28.3 Å². The lowest BCUT2D eigenvalue weighted by atomic mass is 10.1. The molecule has 9 nitrogen and oxygen atoms in total. The molecular formula is C18H14N4O5. The van der Waals surface area contributed by atoms with E-state index in [1.165, 1.54) is 18.3 Å². The quantitative estimate of drug-likeness (QED) is 0.434. The maximum Gasteiger partial charge on any atom is 0.282 e. The molecule has 0 fully saturated rings. The normalized spacial score (nSPS) is 12.6. The third kappa shape index (κ3) is 2.95. The number of aryl methyl sites for hydroxylation is 1. The van der Waals surface area contributed by atoms with E-state index in [1.807, 2.05) is 35.9 Å². The molecule has 0 unspecified atom stereocenters. The summed E-state index contributed by atoms with van der Waals surface area (Å²) in [5.41, 5.74) is 3.79. The number of amides is 1. The van der Waals surface area contributed by atoms with E-state index in [0.717, 1.165) is 10.9 Å². The fourth-order valence-electron chi connectivity index (χ4n) is 2.95. The molecule has 1 aromatic heterocycles. The molecule has 2 heterocycles. The van der Waals surface area contributed by atoms with Gasteiger partial charge in [-0.25, -0.2) is 5.43 Å². The number of hydrogen-bond donors (Lipinski definition) is 1. The van der Waals surface area contributed by atoms with Gasteiger partial charge in [-0.2, -0.15) is 5.10 Å². The second-order valence-corrected chi connectivity index (χ2v) is 5.89. The van der Waals surface area contributed by atoms with Crippen molar-refractivity contribution in [2.75, 3.05) is 6.79 Å². The highest BCUT2D eigenvalue weighted by molar-refractivity contribution is 6.07. The lowest BCUT2D eigenvalue weighted by Gasteiger charge is -2.01. The van der Waals surface area contributed by atoms with Crippen LogP contribution in [-0.2, 0) is 7.05 Å². The molecule has 1 amide bonds. The highest BCUT2D eigenvalue weighted by Crippen LogP contribution is 2.37. The maximum absolute atomic E-state index is 12.5. The number of carbonyl (C=O) groups is 1. The monoisotopic (exact) mass is 366 g/mol. The van der Waals surface area contributed by atoms with Gasteiger partial charge >= 0.3 is 0 Å². The number of rotatable bonds is 4. The van der Waals surface area contributed by atoms with Crippen molar-refractivity contribution in [1.29, 1.82) is 0 Å². The molecule has 0 bridgehead atoms. The summed E-state index contributed by atoms with van der Waals surface area (Å²) in [5.74, 6) is 0.285. The topological polar surface area (TPSA) is 108 Å². The van der Waals surface area contributed by atoms with E-state index >= 15 is 0 Å². The number of aromatic nitrogens is 1. The molecule has 1 aliphatic rings. The number of nitro groups is 1. The van der Waals surface area contributed by atoms with E-state index < -0.39 is 10.8 Å². The Hall–Kier alpha value is -3.88. The lowest BCUT2D eigenvalue weighted by molar-refractivity contribution is -0.385. The first kappa shape index (κ1) is 16.6. The molecule has 3 aromatic rings. The third-order valence-corrected chi connectivity index (χ3v) is 4.23. The number of nitrogens with zero attached hydrogens (tertiary/aromatic N) is 3. The summed E-state index contributed by atoms with van der Waals surface area (Å²) < 4.78 is 12.2. The third-order valence-electron chi connectivity index (χ3n) is 4.23. The molecule has 2 aromatic carbocycles. The molecule has 4 rings (SSSR count). The second kappa shape index (κ2) is 6.45. The van der Waals surface area contributed by atoms with Crippen molar-refractivity contribution >= 4 is 28.7 Å². The minimum atomic E-state index is -0.546. The van der Waals surface area contributed by atoms with Gasteiger partial charge < -0.3 is 14.0 Å². The van der Waals surface area contributed by atoms with E-state index in [0.29, 0.717) is 17.1 Å². The molecule has 136 valence electrons. The van der Waals surface area contributed by atoms with Crippen molar-refractivity contribution in [2.24, 2.45) is 12.1 Å². The zero-order valence-electron chi connectivity index (χ0n) is 14.2. The fraction of sp³-hybridized carbons (Fsp3) is 0.111. The summed E-state index contributed by atoms with van der Waals surface area (Å²) in [6.45, 7) is 0.00486. The summed E-state index contributed by atoms with van der Waals surface area (Å²) in [6, 6.07) is 10.2. The second-order valence-electron chi connectivity index (χ2n) is 5.89. The Bertz CT molecular complexity index is 1100. The molecule has 9 heteroatoms. The van der Waals surface area contributed by atoms with Gasteiger partial charge in [0, 0.05) is 24.1 Å². The van der Waals surface area contributed by atoms with Crippen LogP contribution in [-0.4, -0.2) is 28.4 Å². The van der Waals surface area contributed by atoms with E-state index in [9.17, 15) is 14.9 Å². The minimum absolute atomic E-state index is 0.00486. The van der Waals surface area contributed by atoms with E-state index in [4.69, 9.17) is 9.47 Å². The largest absolute Gasteiger partial charge is 0.454 e. The van der Waals surface area contributed by atoms with E-state index in [1.54, 1.807) is 6.20 Å². The van der Waals surface area contributed by atoms with E-state index in [-0.39, 0.29) is 18.0 Å². The van der Waals surface area contributed by atoms with Gasteiger partial charge in [-0.1, -0.05) is 18.2 Å². The number of benzene rings is 2. The molecule has 27 heavy (non-hydrogen) atoms. The van der Waals surface area contributed by atoms with Crippen LogP contribution in [0.15, 0.2) is 47.7 Å². The zero-order chi connectivity index (χ0) is 19.0. The fourth-order valence-corrected chi connectivity index (χ4v) is 2.95. The standard InChI is InChI=1S/C18H14N4O5/c1-21-9-13(12-4-2-3-5-14(12)21)18(23)20-19-8-11-6-16-17(27-10-26-16)7-15(11)22(24)25/h2-9H,10H2,1H3,(H,20,23)/b19-8-. The van der Waals surface area contributed by atoms with Crippen molar-refractivity contribution in [3.05, 3.63) is 63.8 Å². The minimum Gasteiger partial charge on any atom is -0.454 e. The van der Waals surface area contributed by atoms with Gasteiger partial charge in [0.25, 0.3) is 11.6 Å². The van der Waals surface area contributed by atoms with Crippen LogP contribution in [0.4, 0.5) is 5.69 Å². The lowest BCUT2D eigenvalue weighted by Crippen LogP contribution is -2.17. The number of para-hydroxylation sites is 1. The number of nitro benzene ring substituents is 1. The first-order valence-electron chi connectivity index (χ1n) is 8.00. The molecule has 0 atom stereocenters. The van der Waals surface area contributed by atoms with Crippen LogP contribution in [0.5, 0.6) is 11.5 Å². The Morgan fingerprint density at radius 1 is 1.30 bits per heavy atom. The average molecular weight is 366 g/mol. The van der Waals surface area contributed by atoms with E-state index in [2.05, 4.69) is 10.5 Å². The van der Waals surface area contributed by atoms with Crippen LogP contribution in [0.1, 0.15) is 15.9 Å².